The summed E-state index contributed by atoms with van der Waals surface area (Å²) in [6.07, 6.45) is -0.460. The van der Waals surface area contributed by atoms with Crippen LogP contribution in [0.15, 0.2) is 0 Å². The van der Waals surface area contributed by atoms with Crippen molar-refractivity contribution in [2.45, 2.75) is 6.10 Å². The Morgan fingerprint density at radius 3 is 2.45 bits per heavy atom. The van der Waals surface area contributed by atoms with Crippen molar-refractivity contribution in [1.29, 1.82) is 0 Å². The van der Waals surface area contributed by atoms with Gasteiger partial charge in [0.25, 0.3) is 0 Å². The summed E-state index contributed by atoms with van der Waals surface area (Å²) in [7, 11) is 0. The first-order valence-corrected chi connectivity index (χ1v) is 3.60. The van der Waals surface area contributed by atoms with Gasteiger partial charge in [0.05, 0.1) is 13.2 Å². The Hall–Kier alpha value is 0.880. The van der Waals surface area contributed by atoms with Crippen molar-refractivity contribution >= 4 is 0 Å². The van der Waals surface area contributed by atoms with Crippen LogP contribution in [0.2, 0.25) is 0 Å². The molecule has 60 valence electrons. The number of rotatable bonds is 2. The molecule has 1 aliphatic heterocycles. The molecule has 0 aromatic rings. The van der Waals surface area contributed by atoms with E-state index in [2.05, 4.69) is 11.8 Å². The van der Waals surface area contributed by atoms with Crippen molar-refractivity contribution in [3.05, 3.63) is 6.92 Å². The van der Waals surface area contributed by atoms with Gasteiger partial charge in [0.2, 0.25) is 0 Å². The van der Waals surface area contributed by atoms with Crippen LogP contribution < -0.4 is 29.6 Å². The standard InChI is InChI=1S/C7H14NO2.Na/c1-7(9)6-8-2-4-10-5-3-8;/h7,9H,1-6H2;/q-1;+1. The van der Waals surface area contributed by atoms with Gasteiger partial charge < -0.3 is 16.8 Å². The summed E-state index contributed by atoms with van der Waals surface area (Å²) in [6, 6.07) is 0. The molecule has 0 radical (unpaired) electrons. The Balaban J connectivity index is 0.000001000. The van der Waals surface area contributed by atoms with E-state index in [4.69, 9.17) is 9.84 Å². The van der Waals surface area contributed by atoms with E-state index in [1.54, 1.807) is 0 Å². The molecule has 1 N–H and O–H groups in total. The van der Waals surface area contributed by atoms with Crippen molar-refractivity contribution in [3.8, 4) is 0 Å². The van der Waals surface area contributed by atoms with E-state index in [0.29, 0.717) is 6.54 Å². The van der Waals surface area contributed by atoms with Gasteiger partial charge >= 0.3 is 29.6 Å². The van der Waals surface area contributed by atoms with Crippen LogP contribution in [0, 0.1) is 6.92 Å². The van der Waals surface area contributed by atoms with Crippen LogP contribution in [0.5, 0.6) is 0 Å². The predicted octanol–water partition coefficient (Wildman–Crippen LogP) is -3.48. The number of hydrogen-bond acceptors (Lipinski definition) is 3. The minimum atomic E-state index is -0.460. The van der Waals surface area contributed by atoms with Gasteiger partial charge in [0.15, 0.2) is 0 Å². The number of ether oxygens (including phenoxy) is 1. The van der Waals surface area contributed by atoms with Gasteiger partial charge in [-0.3, -0.25) is 4.90 Å². The minimum absolute atomic E-state index is 0. The molecule has 11 heavy (non-hydrogen) atoms. The molecule has 0 amide bonds. The largest absolute Gasteiger partial charge is 1.00 e. The number of β-amino-alcohol motifs (C(OH)–C–C–N with tert-alkyl or cyclic N) is 1. The molecule has 1 heterocycles. The predicted molar refractivity (Wildman–Crippen MR) is 38.6 cm³/mol. The van der Waals surface area contributed by atoms with Gasteiger partial charge in [-0.05, 0) is 6.54 Å². The number of aliphatic hydroxyl groups excluding tert-OH is 1. The summed E-state index contributed by atoms with van der Waals surface area (Å²) in [5, 5.41) is 8.91. The number of morpholine rings is 1. The van der Waals surface area contributed by atoms with Crippen LogP contribution in [0.25, 0.3) is 0 Å². The van der Waals surface area contributed by atoms with Crippen LogP contribution in [0.3, 0.4) is 0 Å². The molecule has 1 atom stereocenters. The first-order valence-electron chi connectivity index (χ1n) is 3.60. The van der Waals surface area contributed by atoms with Crippen LogP contribution in [0.4, 0.5) is 0 Å². The molecule has 3 nitrogen and oxygen atoms in total. The molecule has 0 aliphatic carbocycles. The maximum Gasteiger partial charge on any atom is 1.00 e. The Bertz CT molecular complexity index is 94.4. The van der Waals surface area contributed by atoms with E-state index in [-0.39, 0.29) is 29.6 Å². The maximum absolute atomic E-state index is 8.91. The van der Waals surface area contributed by atoms with E-state index in [1.165, 1.54) is 0 Å². The minimum Gasteiger partial charge on any atom is -0.424 e. The van der Waals surface area contributed by atoms with Crippen LogP contribution in [-0.4, -0.2) is 49.0 Å². The van der Waals surface area contributed by atoms with Gasteiger partial charge in [-0.2, -0.15) is 0 Å². The molecule has 4 heteroatoms. The van der Waals surface area contributed by atoms with Crippen molar-refractivity contribution in [3.63, 3.8) is 0 Å². The van der Waals surface area contributed by atoms with E-state index in [1.807, 2.05) is 0 Å². The van der Waals surface area contributed by atoms with Gasteiger partial charge in [0.1, 0.15) is 0 Å². The Morgan fingerprint density at radius 1 is 1.45 bits per heavy atom. The molecule has 1 aliphatic rings. The molecular formula is C7H14NNaO2. The zero-order chi connectivity index (χ0) is 7.40. The Labute approximate surface area is 90.0 Å². The van der Waals surface area contributed by atoms with Crippen molar-refractivity contribution < 1.29 is 39.4 Å². The summed E-state index contributed by atoms with van der Waals surface area (Å²) in [4.78, 5) is 2.15. The summed E-state index contributed by atoms with van der Waals surface area (Å²) in [5.74, 6) is 0. The second-order valence-electron chi connectivity index (χ2n) is 2.57. The molecule has 1 rings (SSSR count). The van der Waals surface area contributed by atoms with Crippen molar-refractivity contribution in [2.75, 3.05) is 32.8 Å². The Morgan fingerprint density at radius 2 is 2.00 bits per heavy atom. The van der Waals surface area contributed by atoms with Gasteiger partial charge in [-0.1, -0.05) is 6.10 Å². The first-order chi connectivity index (χ1) is 4.79. The van der Waals surface area contributed by atoms with Crippen LogP contribution in [-0.2, 0) is 4.74 Å². The summed E-state index contributed by atoms with van der Waals surface area (Å²) < 4.78 is 5.14. The summed E-state index contributed by atoms with van der Waals surface area (Å²) >= 11 is 0. The van der Waals surface area contributed by atoms with Crippen LogP contribution >= 0.6 is 0 Å². The van der Waals surface area contributed by atoms with Crippen molar-refractivity contribution in [1.82, 2.24) is 4.90 Å². The Kier molecular flexibility index (Phi) is 6.91. The fourth-order valence-electron chi connectivity index (χ4n) is 1.08. The third kappa shape index (κ3) is 5.17. The first kappa shape index (κ1) is 11.9. The fraction of sp³-hybridized carbons (Fsp3) is 0.857. The molecule has 0 saturated carbocycles. The smallest absolute Gasteiger partial charge is 0.424 e. The zero-order valence-corrected chi connectivity index (χ0v) is 9.12. The molecule has 0 bridgehead atoms. The monoisotopic (exact) mass is 167 g/mol. The molecular weight excluding hydrogens is 153 g/mol. The van der Waals surface area contributed by atoms with Crippen molar-refractivity contribution in [2.24, 2.45) is 0 Å². The normalized spacial score (nSPS) is 22.4. The second-order valence-corrected chi connectivity index (χ2v) is 2.57. The fourth-order valence-corrected chi connectivity index (χ4v) is 1.08. The molecule has 0 spiro atoms. The SMILES string of the molecule is [CH2-]C(O)CN1CCOCC1.[Na+]. The zero-order valence-electron chi connectivity index (χ0n) is 7.12. The van der Waals surface area contributed by atoms with Gasteiger partial charge in [0, 0.05) is 13.1 Å². The van der Waals surface area contributed by atoms with Crippen LogP contribution in [0.1, 0.15) is 0 Å². The summed E-state index contributed by atoms with van der Waals surface area (Å²) in [5.41, 5.74) is 0. The quantitative estimate of drug-likeness (QED) is 0.342. The van der Waals surface area contributed by atoms with E-state index in [0.717, 1.165) is 26.3 Å². The second kappa shape index (κ2) is 6.40. The van der Waals surface area contributed by atoms with E-state index < -0.39 is 6.10 Å². The van der Waals surface area contributed by atoms with E-state index in [9.17, 15) is 0 Å². The number of hydrogen-bond donors (Lipinski definition) is 1. The average Bonchev–Trinajstić information content (AvgIpc) is 1.88. The maximum atomic E-state index is 8.91. The molecule has 0 aromatic heterocycles. The molecule has 0 aromatic carbocycles. The molecule has 1 fully saturated rings. The number of aliphatic hydroxyl groups is 1. The summed E-state index contributed by atoms with van der Waals surface area (Å²) in [6.45, 7) is 7.59. The average molecular weight is 167 g/mol. The third-order valence-corrected chi connectivity index (χ3v) is 1.57. The molecule has 1 saturated heterocycles. The van der Waals surface area contributed by atoms with Gasteiger partial charge in [-0.15, -0.1) is 0 Å². The number of nitrogens with zero attached hydrogens (tertiary/aromatic N) is 1. The molecule has 1 unspecified atom stereocenters. The van der Waals surface area contributed by atoms with Gasteiger partial charge in [-0.25, -0.2) is 0 Å². The third-order valence-electron chi connectivity index (χ3n) is 1.57. The topological polar surface area (TPSA) is 32.7 Å². The van der Waals surface area contributed by atoms with E-state index >= 15 is 0 Å².